The zero-order valence-corrected chi connectivity index (χ0v) is 9.40. The lowest BCUT2D eigenvalue weighted by molar-refractivity contribution is 0.254. The molecule has 0 radical (unpaired) electrons. The van der Waals surface area contributed by atoms with Crippen LogP contribution in [0.5, 0.6) is 0 Å². The van der Waals surface area contributed by atoms with Gasteiger partial charge in [0.05, 0.1) is 11.3 Å². The Morgan fingerprint density at radius 2 is 2.18 bits per heavy atom. The second-order valence-electron chi connectivity index (χ2n) is 3.24. The minimum atomic E-state index is -1.10. The molecule has 2 amide bonds. The molecule has 2 N–H and O–H groups in total. The molecule has 0 fully saturated rings. The molecular formula is C11H11F2N3O. The molecule has 90 valence electrons. The monoisotopic (exact) mass is 239 g/mol. The molecule has 6 heteroatoms. The van der Waals surface area contributed by atoms with Crippen LogP contribution in [0, 0.1) is 23.0 Å². The summed E-state index contributed by atoms with van der Waals surface area (Å²) in [5.41, 5.74) is -0.122. The van der Waals surface area contributed by atoms with E-state index >= 15 is 0 Å². The van der Waals surface area contributed by atoms with E-state index < -0.39 is 17.7 Å². The maximum atomic E-state index is 13.5. The molecule has 1 rings (SSSR count). The van der Waals surface area contributed by atoms with Gasteiger partial charge in [0.25, 0.3) is 0 Å². The second kappa shape index (κ2) is 5.25. The van der Waals surface area contributed by atoms with Gasteiger partial charge in [-0.05, 0) is 12.5 Å². The molecule has 1 aromatic rings. The van der Waals surface area contributed by atoms with Gasteiger partial charge in [0.2, 0.25) is 0 Å². The Hall–Kier alpha value is -2.16. The summed E-state index contributed by atoms with van der Waals surface area (Å²) in [4.78, 5) is 11.2. The van der Waals surface area contributed by atoms with Crippen LogP contribution in [0.2, 0.25) is 0 Å². The van der Waals surface area contributed by atoms with E-state index in [0.717, 1.165) is 6.07 Å². The first kappa shape index (κ1) is 12.9. The quantitative estimate of drug-likeness (QED) is 0.830. The van der Waals surface area contributed by atoms with Gasteiger partial charge in [-0.15, -0.1) is 0 Å². The predicted octanol–water partition coefficient (Wildman–Crippen LogP) is 2.15. The minimum absolute atomic E-state index is 0.00764. The van der Waals surface area contributed by atoms with Gasteiger partial charge in [-0.25, -0.2) is 13.6 Å². The Bertz CT molecular complexity index is 494. The van der Waals surface area contributed by atoms with Crippen molar-refractivity contribution in [2.24, 2.45) is 0 Å². The van der Waals surface area contributed by atoms with E-state index in [0.29, 0.717) is 0 Å². The van der Waals surface area contributed by atoms with Gasteiger partial charge in [-0.2, -0.15) is 5.26 Å². The number of halogens is 2. The van der Waals surface area contributed by atoms with Crippen LogP contribution >= 0.6 is 0 Å². The van der Waals surface area contributed by atoms with Crippen LogP contribution in [0.25, 0.3) is 0 Å². The first-order valence-electron chi connectivity index (χ1n) is 4.94. The fraction of sp³-hybridized carbons (Fsp3) is 0.273. The van der Waals surface area contributed by atoms with Crippen molar-refractivity contribution in [1.82, 2.24) is 5.32 Å². The topological polar surface area (TPSA) is 64.9 Å². The molecule has 0 saturated carbocycles. The van der Waals surface area contributed by atoms with Gasteiger partial charge in [0.1, 0.15) is 6.07 Å². The minimum Gasteiger partial charge on any atom is -0.341 e. The average molecular weight is 239 g/mol. The largest absolute Gasteiger partial charge is 0.341 e. The van der Waals surface area contributed by atoms with E-state index in [1.54, 1.807) is 13.0 Å². The van der Waals surface area contributed by atoms with Gasteiger partial charge in [-0.3, -0.25) is 0 Å². The number of nitrogens with one attached hydrogen (secondary N) is 2. The fourth-order valence-corrected chi connectivity index (χ4v) is 1.42. The zero-order chi connectivity index (χ0) is 13.0. The van der Waals surface area contributed by atoms with Crippen LogP contribution in [0.15, 0.2) is 6.07 Å². The number of rotatable bonds is 2. The van der Waals surface area contributed by atoms with E-state index in [1.165, 1.54) is 7.05 Å². The van der Waals surface area contributed by atoms with E-state index in [1.807, 2.05) is 0 Å². The number of hydrogen-bond donors (Lipinski definition) is 2. The highest BCUT2D eigenvalue weighted by atomic mass is 19.2. The molecule has 17 heavy (non-hydrogen) atoms. The number of nitriles is 1. The van der Waals surface area contributed by atoms with Gasteiger partial charge in [0, 0.05) is 12.6 Å². The smallest absolute Gasteiger partial charge is 0.319 e. The maximum Gasteiger partial charge on any atom is 0.319 e. The van der Waals surface area contributed by atoms with Crippen molar-refractivity contribution in [1.29, 1.82) is 5.26 Å². The summed E-state index contributed by atoms with van der Waals surface area (Å²) in [7, 11) is 1.38. The highest BCUT2D eigenvalue weighted by molar-refractivity contribution is 5.91. The normalized spacial score (nSPS) is 9.59. The van der Waals surface area contributed by atoms with Crippen LogP contribution in [-0.4, -0.2) is 13.1 Å². The molecule has 0 bridgehead atoms. The third-order valence-corrected chi connectivity index (χ3v) is 2.26. The molecule has 0 aliphatic heterocycles. The first-order chi connectivity index (χ1) is 8.04. The van der Waals surface area contributed by atoms with Crippen LogP contribution in [-0.2, 0) is 6.42 Å². The molecule has 0 aliphatic rings. The van der Waals surface area contributed by atoms with Crippen LogP contribution in [0.1, 0.15) is 18.1 Å². The van der Waals surface area contributed by atoms with Gasteiger partial charge in [0.15, 0.2) is 11.6 Å². The Kier molecular flexibility index (Phi) is 3.99. The molecule has 0 heterocycles. The molecule has 0 spiro atoms. The third-order valence-electron chi connectivity index (χ3n) is 2.26. The van der Waals surface area contributed by atoms with Crippen molar-refractivity contribution < 1.29 is 13.6 Å². The van der Waals surface area contributed by atoms with Crippen molar-refractivity contribution >= 4 is 11.7 Å². The van der Waals surface area contributed by atoms with Gasteiger partial charge >= 0.3 is 6.03 Å². The van der Waals surface area contributed by atoms with Crippen LogP contribution in [0.4, 0.5) is 19.3 Å². The molecule has 1 aromatic carbocycles. The Morgan fingerprint density at radius 3 is 2.65 bits per heavy atom. The van der Waals surface area contributed by atoms with Crippen molar-refractivity contribution in [3.05, 3.63) is 28.8 Å². The molecule has 0 atom stereocenters. The Morgan fingerprint density at radius 1 is 1.53 bits per heavy atom. The summed E-state index contributed by atoms with van der Waals surface area (Å²) >= 11 is 0. The van der Waals surface area contributed by atoms with Crippen molar-refractivity contribution in [2.75, 3.05) is 12.4 Å². The van der Waals surface area contributed by atoms with Crippen LogP contribution < -0.4 is 10.6 Å². The zero-order valence-electron chi connectivity index (χ0n) is 9.40. The van der Waals surface area contributed by atoms with E-state index in [9.17, 15) is 13.6 Å². The molecule has 0 unspecified atom stereocenters. The van der Waals surface area contributed by atoms with Crippen molar-refractivity contribution in [2.45, 2.75) is 13.3 Å². The van der Waals surface area contributed by atoms with Gasteiger partial charge in [-0.1, -0.05) is 6.92 Å². The maximum absolute atomic E-state index is 13.5. The number of hydrogen-bond acceptors (Lipinski definition) is 2. The number of nitrogens with zero attached hydrogens (tertiary/aromatic N) is 1. The van der Waals surface area contributed by atoms with E-state index in [2.05, 4.69) is 10.6 Å². The summed E-state index contributed by atoms with van der Waals surface area (Å²) < 4.78 is 26.6. The molecule has 0 saturated heterocycles. The van der Waals surface area contributed by atoms with Gasteiger partial charge < -0.3 is 10.6 Å². The highest BCUT2D eigenvalue weighted by Gasteiger charge is 2.18. The standard InChI is InChI=1S/C11H11F2N3O/c1-3-7-9(13)8(12)4-6(5-14)10(7)16-11(17)15-2/h4H,3H2,1-2H3,(H2,15,16,17). The summed E-state index contributed by atoms with van der Waals surface area (Å²) in [6, 6.07) is 1.89. The lowest BCUT2D eigenvalue weighted by Crippen LogP contribution is -2.26. The number of amides is 2. The summed E-state index contributed by atoms with van der Waals surface area (Å²) in [5.74, 6) is -2.14. The number of carbonyl (C=O) groups is 1. The third kappa shape index (κ3) is 2.50. The number of carbonyl (C=O) groups excluding carboxylic acids is 1. The molecular weight excluding hydrogens is 228 g/mol. The lowest BCUT2D eigenvalue weighted by atomic mass is 10.0. The fourth-order valence-electron chi connectivity index (χ4n) is 1.42. The van der Waals surface area contributed by atoms with E-state index in [-0.39, 0.29) is 23.2 Å². The van der Waals surface area contributed by atoms with E-state index in [4.69, 9.17) is 5.26 Å². The Balaban J connectivity index is 3.39. The van der Waals surface area contributed by atoms with Crippen LogP contribution in [0.3, 0.4) is 0 Å². The predicted molar refractivity (Wildman–Crippen MR) is 58.5 cm³/mol. The first-order valence-corrected chi connectivity index (χ1v) is 4.94. The van der Waals surface area contributed by atoms with Crippen molar-refractivity contribution in [3.63, 3.8) is 0 Å². The second-order valence-corrected chi connectivity index (χ2v) is 3.24. The average Bonchev–Trinajstić information content (AvgIpc) is 2.33. The van der Waals surface area contributed by atoms with Crippen molar-refractivity contribution in [3.8, 4) is 6.07 Å². The molecule has 0 aliphatic carbocycles. The molecule has 0 aromatic heterocycles. The number of anilines is 1. The highest BCUT2D eigenvalue weighted by Crippen LogP contribution is 2.26. The summed E-state index contributed by atoms with van der Waals surface area (Å²) in [5, 5.41) is 13.4. The number of benzene rings is 1. The number of urea groups is 1. The summed E-state index contributed by atoms with van der Waals surface area (Å²) in [6.45, 7) is 1.61. The SMILES string of the molecule is CCc1c(F)c(F)cc(C#N)c1NC(=O)NC. The molecule has 4 nitrogen and oxygen atoms in total. The lowest BCUT2D eigenvalue weighted by Gasteiger charge is -2.12. The Labute approximate surface area is 97.2 Å². The summed E-state index contributed by atoms with van der Waals surface area (Å²) in [6.07, 6.45) is 0.164.